The molecule has 1 unspecified atom stereocenters. The lowest BCUT2D eigenvalue weighted by Crippen LogP contribution is -2.29. The normalized spacial score (nSPS) is 17.0. The number of amides is 1. The fourth-order valence-corrected chi connectivity index (χ4v) is 5.70. The van der Waals surface area contributed by atoms with Crippen LogP contribution in [0.15, 0.2) is 60.4 Å². The van der Waals surface area contributed by atoms with Gasteiger partial charge in [-0.25, -0.2) is 4.98 Å². The molecule has 0 aliphatic carbocycles. The number of nitrogens with zero attached hydrogens (tertiary/aromatic N) is 3. The van der Waals surface area contributed by atoms with E-state index in [2.05, 4.69) is 9.97 Å². The molecule has 37 heavy (non-hydrogen) atoms. The smallest absolute Gasteiger partial charge is 0.301 e. The molecule has 1 amide bonds. The van der Waals surface area contributed by atoms with E-state index in [1.54, 1.807) is 30.6 Å². The lowest BCUT2D eigenvalue weighted by Gasteiger charge is -2.23. The molecule has 1 aliphatic heterocycles. The van der Waals surface area contributed by atoms with Crippen molar-refractivity contribution in [3.8, 4) is 11.5 Å². The SMILES string of the molecule is CCOc1ccc2nc(N3C(=O)C(=O)/C(=C(/O)c4cc(C)cc(C)c4OC)C3c3cccnc3)sc2c1. The Morgan fingerprint density at radius 2 is 1.97 bits per heavy atom. The molecule has 2 aromatic carbocycles. The molecule has 0 radical (unpaired) electrons. The minimum absolute atomic E-state index is 0.0458. The van der Waals surface area contributed by atoms with Gasteiger partial charge in [0, 0.05) is 12.4 Å². The first-order valence-electron chi connectivity index (χ1n) is 11.7. The number of rotatable bonds is 6. The quantitative estimate of drug-likeness (QED) is 0.210. The van der Waals surface area contributed by atoms with Crippen LogP contribution in [0.3, 0.4) is 0 Å². The summed E-state index contributed by atoms with van der Waals surface area (Å²) < 4.78 is 12.0. The highest BCUT2D eigenvalue weighted by Crippen LogP contribution is 2.45. The number of ether oxygens (including phenoxy) is 2. The Morgan fingerprint density at radius 1 is 1.16 bits per heavy atom. The zero-order chi connectivity index (χ0) is 26.3. The van der Waals surface area contributed by atoms with Crippen LogP contribution in [0.4, 0.5) is 5.13 Å². The first-order chi connectivity index (χ1) is 17.8. The number of anilines is 1. The van der Waals surface area contributed by atoms with E-state index in [0.717, 1.165) is 15.8 Å². The Bertz CT molecular complexity index is 1560. The van der Waals surface area contributed by atoms with Gasteiger partial charge < -0.3 is 14.6 Å². The summed E-state index contributed by atoms with van der Waals surface area (Å²) >= 11 is 1.27. The van der Waals surface area contributed by atoms with Crippen LogP contribution in [-0.2, 0) is 9.59 Å². The van der Waals surface area contributed by atoms with Crippen LogP contribution in [0, 0.1) is 13.8 Å². The van der Waals surface area contributed by atoms with E-state index in [4.69, 9.17) is 9.47 Å². The average Bonchev–Trinajstić information content (AvgIpc) is 3.41. The van der Waals surface area contributed by atoms with E-state index in [0.29, 0.717) is 39.9 Å². The number of fused-ring (bicyclic) bond motifs is 1. The zero-order valence-corrected chi connectivity index (χ0v) is 21.6. The van der Waals surface area contributed by atoms with Crippen molar-refractivity contribution in [1.29, 1.82) is 0 Å². The Hall–Kier alpha value is -4.24. The van der Waals surface area contributed by atoms with E-state index in [9.17, 15) is 14.7 Å². The lowest BCUT2D eigenvalue weighted by molar-refractivity contribution is -0.132. The number of hydrogen-bond acceptors (Lipinski definition) is 8. The molecular formula is C28H25N3O5S. The van der Waals surface area contributed by atoms with Crippen LogP contribution in [-0.4, -0.2) is 40.5 Å². The van der Waals surface area contributed by atoms with Gasteiger partial charge in [-0.15, -0.1) is 0 Å². The topological polar surface area (TPSA) is 102 Å². The van der Waals surface area contributed by atoms with Gasteiger partial charge in [-0.2, -0.15) is 0 Å². The second-order valence-corrected chi connectivity index (χ2v) is 9.69. The molecule has 1 aliphatic rings. The Morgan fingerprint density at radius 3 is 2.68 bits per heavy atom. The lowest BCUT2D eigenvalue weighted by atomic mass is 9.94. The summed E-state index contributed by atoms with van der Waals surface area (Å²) in [4.78, 5) is 37.2. The molecule has 8 nitrogen and oxygen atoms in total. The third-order valence-corrected chi connectivity index (χ3v) is 7.21. The minimum Gasteiger partial charge on any atom is -0.507 e. The molecule has 5 rings (SSSR count). The van der Waals surface area contributed by atoms with Gasteiger partial charge >= 0.3 is 5.91 Å². The number of carbonyl (C=O) groups excluding carboxylic acids is 2. The molecule has 1 N–H and O–H groups in total. The maximum Gasteiger partial charge on any atom is 0.301 e. The van der Waals surface area contributed by atoms with Gasteiger partial charge in [0.2, 0.25) is 0 Å². The monoisotopic (exact) mass is 515 g/mol. The molecule has 1 atom stereocenters. The molecule has 0 bridgehead atoms. The summed E-state index contributed by atoms with van der Waals surface area (Å²) in [5.74, 6) is -0.761. The Balaban J connectivity index is 1.73. The molecular weight excluding hydrogens is 490 g/mol. The number of pyridine rings is 1. The van der Waals surface area contributed by atoms with E-state index in [1.165, 1.54) is 23.3 Å². The summed E-state index contributed by atoms with van der Waals surface area (Å²) in [6.45, 7) is 6.17. The minimum atomic E-state index is -0.925. The summed E-state index contributed by atoms with van der Waals surface area (Å²) in [6.07, 6.45) is 3.19. The predicted octanol–water partition coefficient (Wildman–Crippen LogP) is 5.34. The molecule has 1 saturated heterocycles. The van der Waals surface area contributed by atoms with E-state index < -0.39 is 17.7 Å². The standard InChI is InChI=1S/C28H25N3O5S/c1-5-36-18-8-9-20-21(13-18)37-28(30-20)31-23(17-7-6-10-29-14-17)22(25(33)27(31)34)24(32)19-12-15(2)11-16(3)26(19)35-4/h6-14,23,32H,5H2,1-4H3/b24-22+. The largest absolute Gasteiger partial charge is 0.507 e. The molecule has 9 heteroatoms. The molecule has 0 saturated carbocycles. The number of aliphatic hydroxyl groups is 1. The Kier molecular flexibility index (Phi) is 6.39. The van der Waals surface area contributed by atoms with Crippen LogP contribution in [0.1, 0.15) is 35.2 Å². The molecule has 0 spiro atoms. The predicted molar refractivity (Wildman–Crippen MR) is 142 cm³/mol. The van der Waals surface area contributed by atoms with Crippen LogP contribution in [0.25, 0.3) is 16.0 Å². The van der Waals surface area contributed by atoms with Crippen molar-refractivity contribution in [2.24, 2.45) is 0 Å². The average molecular weight is 516 g/mol. The van der Waals surface area contributed by atoms with E-state index >= 15 is 0 Å². The summed E-state index contributed by atoms with van der Waals surface area (Å²) in [5.41, 5.74) is 3.22. The third kappa shape index (κ3) is 4.21. The van der Waals surface area contributed by atoms with Crippen LogP contribution in [0.2, 0.25) is 0 Å². The summed E-state index contributed by atoms with van der Waals surface area (Å²) in [5, 5.41) is 11.9. The second-order valence-electron chi connectivity index (χ2n) is 8.68. The van der Waals surface area contributed by atoms with Crippen molar-refractivity contribution in [1.82, 2.24) is 9.97 Å². The van der Waals surface area contributed by atoms with Crippen molar-refractivity contribution < 1.29 is 24.2 Å². The first-order valence-corrected chi connectivity index (χ1v) is 12.6. The van der Waals surface area contributed by atoms with Crippen molar-refractivity contribution in [3.63, 3.8) is 0 Å². The molecule has 4 aromatic rings. The van der Waals surface area contributed by atoms with Gasteiger partial charge in [-0.1, -0.05) is 23.5 Å². The number of aromatic nitrogens is 2. The highest BCUT2D eigenvalue weighted by atomic mass is 32.1. The van der Waals surface area contributed by atoms with Gasteiger partial charge in [-0.05, 0) is 67.8 Å². The van der Waals surface area contributed by atoms with Gasteiger partial charge in [0.25, 0.3) is 5.78 Å². The number of Topliss-reactive ketones (excluding diaryl/α,β-unsaturated/α-hetero) is 1. The van der Waals surface area contributed by atoms with Crippen molar-refractivity contribution in [2.45, 2.75) is 26.8 Å². The van der Waals surface area contributed by atoms with Crippen LogP contribution < -0.4 is 14.4 Å². The third-order valence-electron chi connectivity index (χ3n) is 6.19. The maximum absolute atomic E-state index is 13.5. The number of aryl methyl sites for hydroxylation is 2. The summed E-state index contributed by atoms with van der Waals surface area (Å²) in [7, 11) is 1.50. The van der Waals surface area contributed by atoms with Gasteiger partial charge in [-0.3, -0.25) is 19.5 Å². The number of benzene rings is 2. The van der Waals surface area contributed by atoms with E-state index in [-0.39, 0.29) is 11.3 Å². The number of carbonyl (C=O) groups is 2. The Labute approximate surface area is 217 Å². The van der Waals surface area contributed by atoms with Crippen LogP contribution in [0.5, 0.6) is 11.5 Å². The highest BCUT2D eigenvalue weighted by Gasteiger charge is 2.48. The van der Waals surface area contributed by atoms with Crippen molar-refractivity contribution >= 4 is 44.1 Å². The fourth-order valence-electron chi connectivity index (χ4n) is 4.68. The van der Waals surface area contributed by atoms with E-state index in [1.807, 2.05) is 45.0 Å². The number of hydrogen-bond donors (Lipinski definition) is 1. The maximum atomic E-state index is 13.5. The van der Waals surface area contributed by atoms with Gasteiger partial charge in [0.1, 0.15) is 17.3 Å². The second kappa shape index (κ2) is 9.67. The number of aliphatic hydroxyl groups excluding tert-OH is 1. The summed E-state index contributed by atoms with van der Waals surface area (Å²) in [6, 6.07) is 11.7. The van der Waals surface area contributed by atoms with Crippen LogP contribution >= 0.6 is 11.3 Å². The fraction of sp³-hybridized carbons (Fsp3) is 0.214. The number of thiazole rings is 1. The number of ketones is 1. The number of methoxy groups -OCH3 is 1. The van der Waals surface area contributed by atoms with Crippen molar-refractivity contribution in [2.75, 3.05) is 18.6 Å². The molecule has 1 fully saturated rings. The van der Waals surface area contributed by atoms with Crippen molar-refractivity contribution in [3.05, 3.63) is 82.7 Å². The molecule has 3 heterocycles. The highest BCUT2D eigenvalue weighted by molar-refractivity contribution is 7.22. The molecule has 188 valence electrons. The molecule has 2 aromatic heterocycles. The first kappa shape index (κ1) is 24.5. The van der Waals surface area contributed by atoms with Gasteiger partial charge in [0.15, 0.2) is 5.13 Å². The van der Waals surface area contributed by atoms with Gasteiger partial charge in [0.05, 0.1) is 41.1 Å². The zero-order valence-electron chi connectivity index (χ0n) is 20.8.